The second-order valence-corrected chi connectivity index (χ2v) is 6.48. The molecule has 3 rings (SSSR count). The summed E-state index contributed by atoms with van der Waals surface area (Å²) >= 11 is 0. The molecule has 1 N–H and O–H groups in total. The molecule has 0 spiro atoms. The molecule has 0 aromatic heterocycles. The first-order valence-electron chi connectivity index (χ1n) is 8.42. The zero-order valence-electron chi connectivity index (χ0n) is 14.2. The molecule has 1 aliphatic heterocycles. The van der Waals surface area contributed by atoms with Crippen molar-refractivity contribution in [3.63, 3.8) is 0 Å². The fourth-order valence-electron chi connectivity index (χ4n) is 3.56. The summed E-state index contributed by atoms with van der Waals surface area (Å²) in [6.45, 7) is 3.16. The lowest BCUT2D eigenvalue weighted by atomic mass is 10.0. The molecule has 1 aromatic rings. The summed E-state index contributed by atoms with van der Waals surface area (Å²) in [4.78, 5) is 25.8. The van der Waals surface area contributed by atoms with Crippen molar-refractivity contribution in [3.05, 3.63) is 35.4 Å². The number of benzene rings is 1. The van der Waals surface area contributed by atoms with Crippen LogP contribution in [-0.2, 0) is 20.7 Å². The number of ether oxygens (including phenoxy) is 2. The molecule has 1 unspecified atom stereocenters. The molecule has 1 aliphatic carbocycles. The van der Waals surface area contributed by atoms with Gasteiger partial charge in [0.25, 0.3) is 0 Å². The van der Waals surface area contributed by atoms with Crippen LogP contribution in [-0.4, -0.2) is 55.9 Å². The van der Waals surface area contributed by atoms with Gasteiger partial charge in [0.15, 0.2) is 6.10 Å². The first-order valence-corrected chi connectivity index (χ1v) is 8.42. The lowest BCUT2D eigenvalue weighted by Crippen LogP contribution is -2.55. The van der Waals surface area contributed by atoms with E-state index in [1.54, 1.807) is 4.90 Å². The number of amides is 2. The number of hydrogen-bond acceptors (Lipinski definition) is 4. The highest BCUT2D eigenvalue weighted by atomic mass is 16.6. The molecular formula is C18H24N2O4. The number of rotatable bonds is 3. The maximum atomic E-state index is 12.5. The Morgan fingerprint density at radius 2 is 2.12 bits per heavy atom. The maximum absolute atomic E-state index is 12.5. The summed E-state index contributed by atoms with van der Waals surface area (Å²) in [7, 11) is 1.33. The Morgan fingerprint density at radius 3 is 2.92 bits per heavy atom. The van der Waals surface area contributed by atoms with E-state index in [2.05, 4.69) is 23.5 Å². The molecule has 1 aromatic carbocycles. The van der Waals surface area contributed by atoms with Crippen molar-refractivity contribution in [1.82, 2.24) is 10.2 Å². The Bertz CT molecular complexity index is 619. The van der Waals surface area contributed by atoms with E-state index < -0.39 is 12.1 Å². The second kappa shape index (κ2) is 7.21. The number of carbonyl (C=O) groups excluding carboxylic acids is 2. The van der Waals surface area contributed by atoms with Gasteiger partial charge in [-0.15, -0.1) is 0 Å². The third kappa shape index (κ3) is 3.53. The van der Waals surface area contributed by atoms with Gasteiger partial charge in [-0.05, 0) is 30.9 Å². The number of methoxy groups -OCH3 is 1. The van der Waals surface area contributed by atoms with Crippen molar-refractivity contribution in [2.75, 3.05) is 26.7 Å². The van der Waals surface area contributed by atoms with Gasteiger partial charge in [-0.3, -0.25) is 0 Å². The molecular weight excluding hydrogens is 308 g/mol. The van der Waals surface area contributed by atoms with Gasteiger partial charge in [-0.2, -0.15) is 0 Å². The minimum absolute atomic E-state index is 0.150. The normalized spacial score (nSPS) is 25.9. The van der Waals surface area contributed by atoms with E-state index in [0.29, 0.717) is 19.0 Å². The van der Waals surface area contributed by atoms with Crippen LogP contribution in [0.1, 0.15) is 30.4 Å². The summed E-state index contributed by atoms with van der Waals surface area (Å²) in [5.74, 6) is -0.0795. The van der Waals surface area contributed by atoms with Crippen LogP contribution in [0.5, 0.6) is 0 Å². The molecule has 3 atom stereocenters. The standard InChI is InChI=1S/C18H24N2O4/c1-12-10-20(11-16(24-12)17(21)23-2)18(22)19-9-14-8-7-13-5-3-4-6-15(13)14/h3-6,12,14,16H,7-11H2,1-2H3,(H,19,22)/t12-,14?,16-/m1/s1. The molecule has 0 bridgehead atoms. The largest absolute Gasteiger partial charge is 0.467 e. The summed E-state index contributed by atoms with van der Waals surface area (Å²) < 4.78 is 10.3. The van der Waals surface area contributed by atoms with E-state index in [9.17, 15) is 9.59 Å². The van der Waals surface area contributed by atoms with E-state index in [1.165, 1.54) is 18.2 Å². The van der Waals surface area contributed by atoms with Gasteiger partial charge in [0.1, 0.15) is 0 Å². The van der Waals surface area contributed by atoms with Crippen LogP contribution in [0.4, 0.5) is 4.79 Å². The zero-order valence-corrected chi connectivity index (χ0v) is 14.2. The highest BCUT2D eigenvalue weighted by Crippen LogP contribution is 2.32. The molecule has 0 saturated carbocycles. The summed E-state index contributed by atoms with van der Waals surface area (Å²) in [5.41, 5.74) is 2.71. The van der Waals surface area contributed by atoms with E-state index in [-0.39, 0.29) is 18.7 Å². The average molecular weight is 332 g/mol. The smallest absolute Gasteiger partial charge is 0.336 e. The summed E-state index contributed by atoms with van der Waals surface area (Å²) in [5, 5.41) is 3.01. The number of aryl methyl sites for hydroxylation is 1. The number of fused-ring (bicyclic) bond motifs is 1. The Balaban J connectivity index is 1.56. The zero-order chi connectivity index (χ0) is 17.1. The molecule has 0 radical (unpaired) electrons. The Morgan fingerprint density at radius 1 is 1.33 bits per heavy atom. The number of morpholine rings is 1. The van der Waals surface area contributed by atoms with Crippen LogP contribution >= 0.6 is 0 Å². The minimum atomic E-state index is -0.711. The second-order valence-electron chi connectivity index (χ2n) is 6.48. The molecule has 2 aliphatic rings. The van der Waals surface area contributed by atoms with Crippen molar-refractivity contribution in [3.8, 4) is 0 Å². The predicted octanol–water partition coefficient (Wildman–Crippen LogP) is 1.69. The van der Waals surface area contributed by atoms with Crippen molar-refractivity contribution < 1.29 is 19.1 Å². The Kier molecular flexibility index (Phi) is 5.04. The van der Waals surface area contributed by atoms with Crippen LogP contribution < -0.4 is 5.32 Å². The monoisotopic (exact) mass is 332 g/mol. The van der Waals surface area contributed by atoms with E-state index >= 15 is 0 Å². The molecule has 1 heterocycles. The van der Waals surface area contributed by atoms with Crippen LogP contribution in [0.15, 0.2) is 24.3 Å². The van der Waals surface area contributed by atoms with Crippen molar-refractivity contribution in [2.24, 2.45) is 0 Å². The third-order valence-corrected chi connectivity index (χ3v) is 4.77. The first-order chi connectivity index (χ1) is 11.6. The van der Waals surface area contributed by atoms with Gasteiger partial charge in [0, 0.05) is 19.0 Å². The van der Waals surface area contributed by atoms with Crippen LogP contribution in [0.3, 0.4) is 0 Å². The lowest BCUT2D eigenvalue weighted by molar-refractivity contribution is -0.164. The van der Waals surface area contributed by atoms with Gasteiger partial charge in [0.2, 0.25) is 0 Å². The number of hydrogen-bond donors (Lipinski definition) is 1. The Labute approximate surface area is 142 Å². The van der Waals surface area contributed by atoms with Crippen molar-refractivity contribution >= 4 is 12.0 Å². The summed E-state index contributed by atoms with van der Waals surface area (Å²) in [6, 6.07) is 8.25. The molecule has 6 nitrogen and oxygen atoms in total. The average Bonchev–Trinajstić information content (AvgIpc) is 3.01. The van der Waals surface area contributed by atoms with Gasteiger partial charge >= 0.3 is 12.0 Å². The van der Waals surface area contributed by atoms with Crippen LogP contribution in [0.2, 0.25) is 0 Å². The minimum Gasteiger partial charge on any atom is -0.467 e. The molecule has 24 heavy (non-hydrogen) atoms. The highest BCUT2D eigenvalue weighted by molar-refractivity contribution is 5.78. The first kappa shape index (κ1) is 16.8. The Hall–Kier alpha value is -2.08. The van der Waals surface area contributed by atoms with Crippen LogP contribution in [0.25, 0.3) is 0 Å². The van der Waals surface area contributed by atoms with Crippen LogP contribution in [0, 0.1) is 0 Å². The lowest BCUT2D eigenvalue weighted by Gasteiger charge is -2.35. The van der Waals surface area contributed by atoms with Crippen molar-refractivity contribution in [1.29, 1.82) is 0 Å². The topological polar surface area (TPSA) is 67.9 Å². The van der Waals surface area contributed by atoms with E-state index in [0.717, 1.165) is 12.8 Å². The molecule has 2 amide bonds. The third-order valence-electron chi connectivity index (χ3n) is 4.77. The quantitative estimate of drug-likeness (QED) is 0.855. The highest BCUT2D eigenvalue weighted by Gasteiger charge is 2.33. The molecule has 130 valence electrons. The number of esters is 1. The van der Waals surface area contributed by atoms with Gasteiger partial charge in [0.05, 0.1) is 19.8 Å². The number of nitrogens with zero attached hydrogens (tertiary/aromatic N) is 1. The van der Waals surface area contributed by atoms with Crippen molar-refractivity contribution in [2.45, 2.75) is 37.9 Å². The number of carbonyl (C=O) groups is 2. The van der Waals surface area contributed by atoms with Gasteiger partial charge < -0.3 is 19.7 Å². The van der Waals surface area contributed by atoms with Gasteiger partial charge in [-0.25, -0.2) is 9.59 Å². The summed E-state index contributed by atoms with van der Waals surface area (Å²) in [6.07, 6.45) is 1.22. The SMILES string of the molecule is COC(=O)[C@H]1CN(C(=O)NCC2CCc3ccccc32)C[C@@H](C)O1. The number of nitrogens with one attached hydrogen (secondary N) is 1. The molecule has 6 heteroatoms. The fourth-order valence-corrected chi connectivity index (χ4v) is 3.56. The fraction of sp³-hybridized carbons (Fsp3) is 0.556. The molecule has 1 fully saturated rings. The number of urea groups is 1. The predicted molar refractivity (Wildman–Crippen MR) is 88.8 cm³/mol. The van der Waals surface area contributed by atoms with Gasteiger partial charge in [-0.1, -0.05) is 24.3 Å². The van der Waals surface area contributed by atoms with E-state index in [1.807, 2.05) is 13.0 Å². The maximum Gasteiger partial charge on any atom is 0.336 e. The van der Waals surface area contributed by atoms with E-state index in [4.69, 9.17) is 9.47 Å². The molecule has 1 saturated heterocycles.